The van der Waals surface area contributed by atoms with E-state index in [1.54, 1.807) is 18.3 Å². The predicted molar refractivity (Wildman–Crippen MR) is 122 cm³/mol. The second kappa shape index (κ2) is 12.0. The number of carbonyl (C=O) groups excluding carboxylic acids is 1. The molecule has 2 heterocycles. The van der Waals surface area contributed by atoms with E-state index in [1.807, 2.05) is 12.1 Å². The van der Waals surface area contributed by atoms with Crippen LogP contribution in [0.2, 0.25) is 0 Å². The predicted octanol–water partition coefficient (Wildman–Crippen LogP) is 3.32. The van der Waals surface area contributed by atoms with Crippen LogP contribution in [0.3, 0.4) is 0 Å². The standard InChI is InChI=1S/C21H28N4O2.2ClH/c1-15(2)16-5-7-17(8-6-16)19(22)14-24-21(26)18-4-3-9-23-20(18)25-10-12-27-13-11-25;;/h3-9,15,19H,10-14,22H2,1-2H3,(H,24,26);2*1H. The number of amides is 1. The zero-order chi connectivity index (χ0) is 19.2. The van der Waals surface area contributed by atoms with E-state index >= 15 is 0 Å². The maximum atomic E-state index is 12.7. The van der Waals surface area contributed by atoms with Crippen LogP contribution in [0.15, 0.2) is 42.6 Å². The van der Waals surface area contributed by atoms with Crippen molar-refractivity contribution in [2.75, 3.05) is 37.7 Å². The van der Waals surface area contributed by atoms with Gasteiger partial charge >= 0.3 is 0 Å². The van der Waals surface area contributed by atoms with Gasteiger partial charge in [0.15, 0.2) is 0 Å². The molecule has 3 N–H and O–H groups in total. The minimum absolute atomic E-state index is 0. The number of carbonyl (C=O) groups is 1. The van der Waals surface area contributed by atoms with Crippen molar-refractivity contribution in [3.63, 3.8) is 0 Å². The van der Waals surface area contributed by atoms with Crippen LogP contribution in [0.5, 0.6) is 0 Å². The lowest BCUT2D eigenvalue weighted by molar-refractivity contribution is 0.0949. The molecule has 2 aromatic rings. The molecule has 1 amide bonds. The van der Waals surface area contributed by atoms with E-state index in [0.717, 1.165) is 18.7 Å². The summed E-state index contributed by atoms with van der Waals surface area (Å²) in [6, 6.07) is 11.6. The molecule has 160 valence electrons. The Morgan fingerprint density at radius 2 is 1.76 bits per heavy atom. The van der Waals surface area contributed by atoms with Crippen molar-refractivity contribution < 1.29 is 9.53 Å². The highest BCUT2D eigenvalue weighted by Crippen LogP contribution is 2.20. The molecule has 1 saturated heterocycles. The van der Waals surface area contributed by atoms with Crippen LogP contribution in [-0.4, -0.2) is 43.7 Å². The third kappa shape index (κ3) is 6.57. The van der Waals surface area contributed by atoms with Gasteiger partial charge in [0.05, 0.1) is 18.8 Å². The fourth-order valence-electron chi connectivity index (χ4n) is 3.15. The summed E-state index contributed by atoms with van der Waals surface area (Å²) in [6.07, 6.45) is 1.71. The van der Waals surface area contributed by atoms with Gasteiger partial charge in [-0.2, -0.15) is 0 Å². The number of aromatic nitrogens is 1. The van der Waals surface area contributed by atoms with Crippen LogP contribution >= 0.6 is 24.8 Å². The Balaban J connectivity index is 0.00000210. The lowest BCUT2D eigenvalue weighted by Crippen LogP contribution is -2.39. The van der Waals surface area contributed by atoms with Gasteiger partial charge in [-0.1, -0.05) is 38.1 Å². The first-order valence-electron chi connectivity index (χ1n) is 9.47. The molecule has 1 aromatic carbocycles. The molecule has 3 rings (SSSR count). The van der Waals surface area contributed by atoms with E-state index in [-0.39, 0.29) is 36.8 Å². The first kappa shape index (κ1) is 25.2. The molecule has 8 heteroatoms. The van der Waals surface area contributed by atoms with Gasteiger partial charge in [0.2, 0.25) is 0 Å². The van der Waals surface area contributed by atoms with E-state index in [0.29, 0.717) is 37.1 Å². The molecule has 1 fully saturated rings. The van der Waals surface area contributed by atoms with Crippen molar-refractivity contribution in [2.45, 2.75) is 25.8 Å². The second-order valence-electron chi connectivity index (χ2n) is 7.11. The molecule has 1 aliphatic heterocycles. The number of rotatable bonds is 6. The summed E-state index contributed by atoms with van der Waals surface area (Å²) >= 11 is 0. The molecule has 6 nitrogen and oxygen atoms in total. The summed E-state index contributed by atoms with van der Waals surface area (Å²) in [5.41, 5.74) is 9.13. The molecular formula is C21H30Cl2N4O2. The maximum absolute atomic E-state index is 12.7. The molecule has 29 heavy (non-hydrogen) atoms. The third-order valence-corrected chi connectivity index (χ3v) is 4.86. The van der Waals surface area contributed by atoms with Crippen LogP contribution in [0.4, 0.5) is 5.82 Å². The molecule has 1 aromatic heterocycles. The van der Waals surface area contributed by atoms with Gasteiger partial charge in [-0.3, -0.25) is 4.79 Å². The summed E-state index contributed by atoms with van der Waals surface area (Å²) in [5.74, 6) is 1.03. The van der Waals surface area contributed by atoms with E-state index in [9.17, 15) is 4.79 Å². The fraction of sp³-hybridized carbons (Fsp3) is 0.429. The first-order chi connectivity index (χ1) is 13.1. The molecular weight excluding hydrogens is 411 g/mol. The van der Waals surface area contributed by atoms with Gasteiger partial charge in [-0.25, -0.2) is 4.98 Å². The van der Waals surface area contributed by atoms with E-state index in [4.69, 9.17) is 10.5 Å². The normalized spacial score (nSPS) is 14.6. The van der Waals surface area contributed by atoms with Crippen molar-refractivity contribution >= 4 is 36.5 Å². The molecule has 0 spiro atoms. The van der Waals surface area contributed by atoms with Crippen LogP contribution in [0.1, 0.15) is 47.3 Å². The van der Waals surface area contributed by atoms with E-state index in [2.05, 4.69) is 41.2 Å². The second-order valence-corrected chi connectivity index (χ2v) is 7.11. The summed E-state index contributed by atoms with van der Waals surface area (Å²) < 4.78 is 5.39. The van der Waals surface area contributed by atoms with Crippen molar-refractivity contribution in [3.05, 3.63) is 59.3 Å². The highest BCUT2D eigenvalue weighted by Gasteiger charge is 2.20. The number of benzene rings is 1. The zero-order valence-corrected chi connectivity index (χ0v) is 18.5. The Hall–Kier alpha value is -1.86. The Morgan fingerprint density at radius 1 is 1.14 bits per heavy atom. The van der Waals surface area contributed by atoms with E-state index < -0.39 is 0 Å². The Kier molecular flexibility index (Phi) is 10.4. The molecule has 0 bridgehead atoms. The average molecular weight is 441 g/mol. The first-order valence-corrected chi connectivity index (χ1v) is 9.47. The molecule has 0 aliphatic carbocycles. The van der Waals surface area contributed by atoms with Gasteiger partial charge in [-0.05, 0) is 29.2 Å². The van der Waals surface area contributed by atoms with Gasteiger partial charge < -0.3 is 20.7 Å². The summed E-state index contributed by atoms with van der Waals surface area (Å²) in [7, 11) is 0. The minimum Gasteiger partial charge on any atom is -0.378 e. The van der Waals surface area contributed by atoms with Crippen LogP contribution in [0.25, 0.3) is 0 Å². The number of hydrogen-bond acceptors (Lipinski definition) is 5. The number of nitrogens with one attached hydrogen (secondary N) is 1. The lowest BCUT2D eigenvalue weighted by atomic mass is 9.99. The summed E-state index contributed by atoms with van der Waals surface area (Å²) in [4.78, 5) is 19.2. The lowest BCUT2D eigenvalue weighted by Gasteiger charge is -2.29. The van der Waals surface area contributed by atoms with E-state index in [1.165, 1.54) is 5.56 Å². The monoisotopic (exact) mass is 440 g/mol. The minimum atomic E-state index is -0.251. The molecule has 0 radical (unpaired) electrons. The molecule has 1 aliphatic rings. The highest BCUT2D eigenvalue weighted by molar-refractivity contribution is 5.98. The van der Waals surface area contributed by atoms with Gasteiger partial charge in [0.25, 0.3) is 5.91 Å². The number of pyridine rings is 1. The van der Waals surface area contributed by atoms with Crippen molar-refractivity contribution in [1.82, 2.24) is 10.3 Å². The Bertz CT molecular complexity index is 766. The van der Waals surface area contributed by atoms with Gasteiger partial charge in [0.1, 0.15) is 5.82 Å². The third-order valence-electron chi connectivity index (χ3n) is 4.86. The van der Waals surface area contributed by atoms with Crippen LogP contribution in [-0.2, 0) is 4.74 Å². The zero-order valence-electron chi connectivity index (χ0n) is 16.8. The van der Waals surface area contributed by atoms with Gasteiger partial charge in [0, 0.05) is 31.9 Å². The van der Waals surface area contributed by atoms with Crippen LogP contribution in [0, 0.1) is 0 Å². The maximum Gasteiger partial charge on any atom is 0.255 e. The number of morpholine rings is 1. The number of ether oxygens (including phenoxy) is 1. The number of nitrogens with two attached hydrogens (primary N) is 1. The van der Waals surface area contributed by atoms with Crippen molar-refractivity contribution in [3.8, 4) is 0 Å². The Labute approximate surface area is 185 Å². The highest BCUT2D eigenvalue weighted by atomic mass is 35.5. The molecule has 1 unspecified atom stereocenters. The largest absolute Gasteiger partial charge is 0.378 e. The molecule has 0 saturated carbocycles. The quantitative estimate of drug-likeness (QED) is 0.719. The number of hydrogen-bond donors (Lipinski definition) is 2. The SMILES string of the molecule is CC(C)c1ccc(C(N)CNC(=O)c2cccnc2N2CCOCC2)cc1.Cl.Cl. The van der Waals surface area contributed by atoms with Crippen LogP contribution < -0.4 is 16.0 Å². The topological polar surface area (TPSA) is 80.5 Å². The fourth-order valence-corrected chi connectivity index (χ4v) is 3.15. The van der Waals surface area contributed by atoms with Crippen molar-refractivity contribution in [1.29, 1.82) is 0 Å². The average Bonchev–Trinajstić information content (AvgIpc) is 2.72. The summed E-state index contributed by atoms with van der Waals surface area (Å²) in [5, 5.41) is 2.95. The van der Waals surface area contributed by atoms with Gasteiger partial charge in [-0.15, -0.1) is 24.8 Å². The van der Waals surface area contributed by atoms with Crippen molar-refractivity contribution in [2.24, 2.45) is 5.73 Å². The number of anilines is 1. The summed E-state index contributed by atoms with van der Waals surface area (Å²) in [6.45, 7) is 7.46. The number of nitrogens with zero attached hydrogens (tertiary/aromatic N) is 2. The Morgan fingerprint density at radius 3 is 2.38 bits per heavy atom. The smallest absolute Gasteiger partial charge is 0.255 e. The molecule has 1 atom stereocenters. The number of halogens is 2.